The number of rotatable bonds is 14. The molecule has 0 aliphatic heterocycles. The van der Waals surface area contributed by atoms with Gasteiger partial charge in [-0.25, -0.2) is 0 Å². The zero-order valence-corrected chi connectivity index (χ0v) is 14.1. The molecule has 0 radical (unpaired) electrons. The minimum absolute atomic E-state index is 0.756. The molecule has 1 unspecified atom stereocenters. The molecule has 0 rings (SSSR count). The standard InChI is InChI=1S/C18H39N/c1-5-6-7-8-9-10-11-12-13-14-18(19-4)16-15-17(2)3/h17-19H,5-16H2,1-4H3. The van der Waals surface area contributed by atoms with Crippen LogP contribution in [-0.4, -0.2) is 13.1 Å². The molecule has 0 saturated carbocycles. The van der Waals surface area contributed by atoms with Crippen molar-refractivity contribution in [1.82, 2.24) is 5.32 Å². The topological polar surface area (TPSA) is 12.0 Å². The van der Waals surface area contributed by atoms with Crippen LogP contribution in [0.5, 0.6) is 0 Å². The molecule has 1 heteroatoms. The maximum absolute atomic E-state index is 3.48. The smallest absolute Gasteiger partial charge is 0.00641 e. The zero-order chi connectivity index (χ0) is 14.3. The van der Waals surface area contributed by atoms with E-state index in [1.807, 2.05) is 0 Å². The van der Waals surface area contributed by atoms with Crippen LogP contribution in [0.25, 0.3) is 0 Å². The van der Waals surface area contributed by atoms with Crippen molar-refractivity contribution in [3.8, 4) is 0 Å². The van der Waals surface area contributed by atoms with Gasteiger partial charge in [-0.15, -0.1) is 0 Å². The molecular weight excluding hydrogens is 230 g/mol. The molecule has 0 aromatic heterocycles. The quantitative estimate of drug-likeness (QED) is 0.385. The molecule has 1 atom stereocenters. The van der Waals surface area contributed by atoms with Gasteiger partial charge in [0.1, 0.15) is 0 Å². The van der Waals surface area contributed by atoms with Crippen LogP contribution < -0.4 is 5.32 Å². The first-order valence-corrected chi connectivity index (χ1v) is 8.88. The molecule has 0 aliphatic carbocycles. The average Bonchev–Trinajstić information content (AvgIpc) is 2.40. The van der Waals surface area contributed by atoms with E-state index in [0.29, 0.717) is 0 Å². The van der Waals surface area contributed by atoms with Crippen molar-refractivity contribution in [2.45, 2.75) is 104 Å². The normalized spacial score (nSPS) is 13.1. The molecule has 0 saturated heterocycles. The third kappa shape index (κ3) is 14.2. The summed E-state index contributed by atoms with van der Waals surface area (Å²) < 4.78 is 0. The summed E-state index contributed by atoms with van der Waals surface area (Å²) in [6.07, 6.45) is 17.0. The number of hydrogen-bond donors (Lipinski definition) is 1. The van der Waals surface area contributed by atoms with Gasteiger partial charge in [0.15, 0.2) is 0 Å². The molecule has 0 aromatic rings. The van der Waals surface area contributed by atoms with E-state index in [-0.39, 0.29) is 0 Å². The van der Waals surface area contributed by atoms with Crippen molar-refractivity contribution in [1.29, 1.82) is 0 Å². The van der Waals surface area contributed by atoms with E-state index in [1.165, 1.54) is 77.0 Å². The molecule has 1 nitrogen and oxygen atoms in total. The van der Waals surface area contributed by atoms with Crippen LogP contribution in [0, 0.1) is 5.92 Å². The van der Waals surface area contributed by atoms with Crippen LogP contribution in [0.15, 0.2) is 0 Å². The van der Waals surface area contributed by atoms with Gasteiger partial charge < -0.3 is 5.32 Å². The first-order chi connectivity index (χ1) is 9.20. The second kappa shape index (κ2) is 14.4. The lowest BCUT2D eigenvalue weighted by Gasteiger charge is -2.17. The Hall–Kier alpha value is -0.0400. The second-order valence-corrected chi connectivity index (χ2v) is 6.57. The fraction of sp³-hybridized carbons (Fsp3) is 1.00. The van der Waals surface area contributed by atoms with Gasteiger partial charge in [0, 0.05) is 6.04 Å². The molecule has 0 heterocycles. The Bertz CT molecular complexity index is 165. The van der Waals surface area contributed by atoms with Crippen molar-refractivity contribution < 1.29 is 0 Å². The van der Waals surface area contributed by atoms with Crippen LogP contribution in [0.1, 0.15) is 97.8 Å². The fourth-order valence-electron chi connectivity index (χ4n) is 2.67. The molecule has 1 N–H and O–H groups in total. The number of nitrogens with one attached hydrogen (secondary N) is 1. The van der Waals surface area contributed by atoms with Gasteiger partial charge in [-0.3, -0.25) is 0 Å². The lowest BCUT2D eigenvalue weighted by atomic mass is 9.98. The van der Waals surface area contributed by atoms with Gasteiger partial charge in [-0.2, -0.15) is 0 Å². The van der Waals surface area contributed by atoms with E-state index >= 15 is 0 Å². The van der Waals surface area contributed by atoms with Gasteiger partial charge in [0.2, 0.25) is 0 Å². The monoisotopic (exact) mass is 269 g/mol. The summed E-state index contributed by atoms with van der Waals surface area (Å²) in [6, 6.07) is 0.756. The molecule has 116 valence electrons. The van der Waals surface area contributed by atoms with Crippen molar-refractivity contribution in [3.05, 3.63) is 0 Å². The van der Waals surface area contributed by atoms with Gasteiger partial charge in [-0.05, 0) is 32.2 Å². The van der Waals surface area contributed by atoms with Gasteiger partial charge >= 0.3 is 0 Å². The second-order valence-electron chi connectivity index (χ2n) is 6.57. The Morgan fingerprint density at radius 1 is 0.684 bits per heavy atom. The van der Waals surface area contributed by atoms with Crippen LogP contribution in [0.2, 0.25) is 0 Å². The Balaban J connectivity index is 3.26. The van der Waals surface area contributed by atoms with E-state index in [0.717, 1.165) is 12.0 Å². The Kier molecular flexibility index (Phi) is 14.3. The molecule has 0 fully saturated rings. The minimum atomic E-state index is 0.756. The molecule has 0 bridgehead atoms. The zero-order valence-electron chi connectivity index (χ0n) is 14.1. The summed E-state index contributed by atoms with van der Waals surface area (Å²) >= 11 is 0. The van der Waals surface area contributed by atoms with E-state index in [9.17, 15) is 0 Å². The highest BCUT2D eigenvalue weighted by atomic mass is 14.9. The fourth-order valence-corrected chi connectivity index (χ4v) is 2.67. The maximum atomic E-state index is 3.48. The predicted octanol–water partition coefficient (Wildman–Crippen LogP) is 5.93. The van der Waals surface area contributed by atoms with Crippen molar-refractivity contribution >= 4 is 0 Å². The largest absolute Gasteiger partial charge is 0.317 e. The first-order valence-electron chi connectivity index (χ1n) is 8.88. The van der Waals surface area contributed by atoms with Crippen molar-refractivity contribution in [3.63, 3.8) is 0 Å². The summed E-state index contributed by atoms with van der Waals surface area (Å²) in [6.45, 7) is 6.94. The molecule has 0 amide bonds. The molecule has 0 aromatic carbocycles. The van der Waals surface area contributed by atoms with Gasteiger partial charge in [-0.1, -0.05) is 78.6 Å². The minimum Gasteiger partial charge on any atom is -0.317 e. The highest BCUT2D eigenvalue weighted by Gasteiger charge is 2.06. The maximum Gasteiger partial charge on any atom is 0.00641 e. The van der Waals surface area contributed by atoms with Crippen molar-refractivity contribution in [2.75, 3.05) is 7.05 Å². The Morgan fingerprint density at radius 2 is 1.21 bits per heavy atom. The summed E-state index contributed by atoms with van der Waals surface area (Å²) in [4.78, 5) is 0. The third-order valence-corrected chi connectivity index (χ3v) is 4.16. The lowest BCUT2D eigenvalue weighted by Crippen LogP contribution is -2.25. The Morgan fingerprint density at radius 3 is 1.68 bits per heavy atom. The van der Waals surface area contributed by atoms with Gasteiger partial charge in [0.25, 0.3) is 0 Å². The summed E-state index contributed by atoms with van der Waals surface area (Å²) in [5.74, 6) is 0.846. The SMILES string of the molecule is CCCCCCCCCCCC(CCC(C)C)NC. The summed E-state index contributed by atoms with van der Waals surface area (Å²) in [5.41, 5.74) is 0. The van der Waals surface area contributed by atoms with E-state index < -0.39 is 0 Å². The summed E-state index contributed by atoms with van der Waals surface area (Å²) in [7, 11) is 2.12. The third-order valence-electron chi connectivity index (χ3n) is 4.16. The highest BCUT2D eigenvalue weighted by molar-refractivity contribution is 4.65. The summed E-state index contributed by atoms with van der Waals surface area (Å²) in [5, 5.41) is 3.48. The highest BCUT2D eigenvalue weighted by Crippen LogP contribution is 2.14. The van der Waals surface area contributed by atoms with E-state index in [2.05, 4.69) is 33.1 Å². The molecule has 19 heavy (non-hydrogen) atoms. The Labute approximate surface area is 122 Å². The first kappa shape index (κ1) is 19.0. The average molecular weight is 270 g/mol. The van der Waals surface area contributed by atoms with Gasteiger partial charge in [0.05, 0.1) is 0 Å². The van der Waals surface area contributed by atoms with Crippen LogP contribution >= 0.6 is 0 Å². The van der Waals surface area contributed by atoms with Crippen LogP contribution in [-0.2, 0) is 0 Å². The van der Waals surface area contributed by atoms with E-state index in [4.69, 9.17) is 0 Å². The molecule has 0 aliphatic rings. The molecule has 0 spiro atoms. The van der Waals surface area contributed by atoms with Crippen molar-refractivity contribution in [2.24, 2.45) is 5.92 Å². The lowest BCUT2D eigenvalue weighted by molar-refractivity contribution is 0.416. The van der Waals surface area contributed by atoms with Crippen LogP contribution in [0.3, 0.4) is 0 Å². The predicted molar refractivity (Wildman–Crippen MR) is 88.8 cm³/mol. The van der Waals surface area contributed by atoms with E-state index in [1.54, 1.807) is 0 Å². The molecular formula is C18H39N. The number of hydrogen-bond acceptors (Lipinski definition) is 1. The number of unbranched alkanes of at least 4 members (excludes halogenated alkanes) is 8. The van der Waals surface area contributed by atoms with Crippen LogP contribution in [0.4, 0.5) is 0 Å².